The van der Waals surface area contributed by atoms with Crippen LogP contribution in [-0.4, -0.2) is 17.3 Å². The summed E-state index contributed by atoms with van der Waals surface area (Å²) in [4.78, 5) is 12.1. The average molecular weight is 272 g/mol. The van der Waals surface area contributed by atoms with Crippen LogP contribution in [0.25, 0.3) is 0 Å². The Labute approximate surface area is 113 Å². The summed E-state index contributed by atoms with van der Waals surface area (Å²) in [5, 5.41) is 2.97. The number of amides is 1. The SMILES string of the molecule is CCC(C)(CCCl)NC(=O)c1ccc(F)cc1C. The molecule has 0 aliphatic heterocycles. The Morgan fingerprint density at radius 1 is 1.50 bits per heavy atom. The molecule has 1 aromatic rings. The van der Waals surface area contributed by atoms with E-state index in [-0.39, 0.29) is 17.3 Å². The number of nitrogens with one attached hydrogen (secondary N) is 1. The van der Waals surface area contributed by atoms with Gasteiger partial charge in [-0.25, -0.2) is 4.39 Å². The first-order valence-electron chi connectivity index (χ1n) is 6.06. The Hall–Kier alpha value is -1.09. The van der Waals surface area contributed by atoms with Gasteiger partial charge in [0.2, 0.25) is 0 Å². The molecule has 100 valence electrons. The predicted octanol–water partition coefficient (Wildman–Crippen LogP) is 3.66. The van der Waals surface area contributed by atoms with Gasteiger partial charge in [-0.3, -0.25) is 4.79 Å². The van der Waals surface area contributed by atoms with Gasteiger partial charge in [0, 0.05) is 17.0 Å². The number of benzene rings is 1. The number of carbonyl (C=O) groups is 1. The van der Waals surface area contributed by atoms with E-state index >= 15 is 0 Å². The highest BCUT2D eigenvalue weighted by atomic mass is 35.5. The first-order valence-corrected chi connectivity index (χ1v) is 6.60. The fourth-order valence-electron chi connectivity index (χ4n) is 1.76. The van der Waals surface area contributed by atoms with Crippen LogP contribution in [0.15, 0.2) is 18.2 Å². The van der Waals surface area contributed by atoms with Crippen LogP contribution in [0.4, 0.5) is 4.39 Å². The van der Waals surface area contributed by atoms with Crippen LogP contribution in [0.2, 0.25) is 0 Å². The van der Waals surface area contributed by atoms with Crippen LogP contribution in [0.5, 0.6) is 0 Å². The molecule has 0 aliphatic rings. The second-order valence-electron chi connectivity index (χ2n) is 4.77. The van der Waals surface area contributed by atoms with Crippen LogP contribution >= 0.6 is 11.6 Å². The molecular formula is C14H19ClFNO. The molecule has 18 heavy (non-hydrogen) atoms. The third-order valence-electron chi connectivity index (χ3n) is 3.27. The van der Waals surface area contributed by atoms with Crippen molar-refractivity contribution in [2.45, 2.75) is 39.2 Å². The molecule has 1 N–H and O–H groups in total. The monoisotopic (exact) mass is 271 g/mol. The van der Waals surface area contributed by atoms with Crippen molar-refractivity contribution in [2.75, 3.05) is 5.88 Å². The minimum Gasteiger partial charge on any atom is -0.347 e. The molecule has 1 rings (SSSR count). The molecule has 1 amide bonds. The molecule has 0 spiro atoms. The van der Waals surface area contributed by atoms with Gasteiger partial charge >= 0.3 is 0 Å². The Morgan fingerprint density at radius 2 is 2.17 bits per heavy atom. The summed E-state index contributed by atoms with van der Waals surface area (Å²) in [5.74, 6) is -0.0162. The quantitative estimate of drug-likeness (QED) is 0.814. The Bertz CT molecular complexity index is 436. The first-order chi connectivity index (χ1) is 8.41. The van der Waals surface area contributed by atoms with Crippen molar-refractivity contribution >= 4 is 17.5 Å². The van der Waals surface area contributed by atoms with Crippen molar-refractivity contribution in [2.24, 2.45) is 0 Å². The number of carbonyl (C=O) groups excluding carboxylic acids is 1. The lowest BCUT2D eigenvalue weighted by molar-refractivity contribution is 0.0901. The number of hydrogen-bond donors (Lipinski definition) is 1. The van der Waals surface area contributed by atoms with Gasteiger partial charge < -0.3 is 5.32 Å². The lowest BCUT2D eigenvalue weighted by Crippen LogP contribution is -2.46. The number of halogens is 2. The normalized spacial score (nSPS) is 14.1. The van der Waals surface area contributed by atoms with Crippen LogP contribution in [-0.2, 0) is 0 Å². The van der Waals surface area contributed by atoms with Gasteiger partial charge in [-0.2, -0.15) is 0 Å². The molecule has 1 unspecified atom stereocenters. The fraction of sp³-hybridized carbons (Fsp3) is 0.500. The third kappa shape index (κ3) is 3.70. The standard InChI is InChI=1S/C14H19ClFNO/c1-4-14(3,7-8-15)17-13(18)12-6-5-11(16)9-10(12)2/h5-6,9H,4,7-8H2,1-3H3,(H,17,18). The highest BCUT2D eigenvalue weighted by Crippen LogP contribution is 2.17. The molecule has 0 aromatic heterocycles. The van der Waals surface area contributed by atoms with Gasteiger partial charge in [0.15, 0.2) is 0 Å². The zero-order valence-electron chi connectivity index (χ0n) is 11.0. The van der Waals surface area contributed by atoms with E-state index in [1.165, 1.54) is 18.2 Å². The van der Waals surface area contributed by atoms with E-state index in [1.54, 1.807) is 6.92 Å². The van der Waals surface area contributed by atoms with Crippen LogP contribution in [0.1, 0.15) is 42.6 Å². The number of hydrogen-bond acceptors (Lipinski definition) is 1. The minimum absolute atomic E-state index is 0.179. The molecule has 0 heterocycles. The lowest BCUT2D eigenvalue weighted by atomic mass is 9.94. The molecule has 1 atom stereocenters. The topological polar surface area (TPSA) is 29.1 Å². The first kappa shape index (κ1) is 15.0. The molecule has 0 bridgehead atoms. The van der Waals surface area contributed by atoms with Gasteiger partial charge in [0.1, 0.15) is 5.82 Å². The number of aryl methyl sites for hydroxylation is 1. The molecular weight excluding hydrogens is 253 g/mol. The molecule has 0 saturated carbocycles. The summed E-state index contributed by atoms with van der Waals surface area (Å²) < 4.78 is 13.0. The highest BCUT2D eigenvalue weighted by Gasteiger charge is 2.24. The van der Waals surface area contributed by atoms with Gasteiger partial charge in [0.05, 0.1) is 0 Å². The average Bonchev–Trinajstić information content (AvgIpc) is 2.28. The Kier molecular flexibility index (Phi) is 5.15. The molecule has 0 saturated heterocycles. The van der Waals surface area contributed by atoms with E-state index in [0.717, 1.165) is 6.42 Å². The van der Waals surface area contributed by atoms with Gasteiger partial charge in [-0.15, -0.1) is 11.6 Å². The molecule has 0 radical (unpaired) electrons. The maximum Gasteiger partial charge on any atom is 0.251 e. The summed E-state index contributed by atoms with van der Waals surface area (Å²) in [6.07, 6.45) is 1.50. The second-order valence-corrected chi connectivity index (χ2v) is 5.14. The molecule has 0 fully saturated rings. The van der Waals surface area contributed by atoms with Gasteiger partial charge in [-0.1, -0.05) is 6.92 Å². The molecule has 4 heteroatoms. The van der Waals surface area contributed by atoms with Crippen molar-refractivity contribution in [3.8, 4) is 0 Å². The van der Waals surface area contributed by atoms with Gasteiger partial charge in [-0.05, 0) is 50.5 Å². The van der Waals surface area contributed by atoms with Crippen LogP contribution < -0.4 is 5.32 Å². The zero-order valence-corrected chi connectivity index (χ0v) is 11.8. The van der Waals surface area contributed by atoms with E-state index in [9.17, 15) is 9.18 Å². The predicted molar refractivity (Wildman–Crippen MR) is 72.6 cm³/mol. The third-order valence-corrected chi connectivity index (χ3v) is 3.46. The summed E-state index contributed by atoms with van der Waals surface area (Å²) >= 11 is 5.75. The minimum atomic E-state index is -0.330. The highest BCUT2D eigenvalue weighted by molar-refractivity contribution is 6.17. The zero-order chi connectivity index (χ0) is 13.8. The van der Waals surface area contributed by atoms with Crippen molar-refractivity contribution in [1.29, 1.82) is 0 Å². The van der Waals surface area contributed by atoms with E-state index in [0.29, 0.717) is 23.4 Å². The van der Waals surface area contributed by atoms with Crippen molar-refractivity contribution in [3.63, 3.8) is 0 Å². The summed E-state index contributed by atoms with van der Waals surface area (Å²) in [7, 11) is 0. The fourth-order valence-corrected chi connectivity index (χ4v) is 2.18. The maximum absolute atomic E-state index is 13.0. The molecule has 0 aliphatic carbocycles. The largest absolute Gasteiger partial charge is 0.347 e. The summed E-state index contributed by atoms with van der Waals surface area (Å²) in [5.41, 5.74) is 0.821. The Balaban J connectivity index is 2.87. The number of alkyl halides is 1. The summed E-state index contributed by atoms with van der Waals surface area (Å²) in [6, 6.07) is 4.17. The van der Waals surface area contributed by atoms with Crippen molar-refractivity contribution in [3.05, 3.63) is 35.1 Å². The second kappa shape index (κ2) is 6.19. The Morgan fingerprint density at radius 3 is 2.67 bits per heavy atom. The van der Waals surface area contributed by atoms with Crippen LogP contribution in [0, 0.1) is 12.7 Å². The van der Waals surface area contributed by atoms with E-state index in [2.05, 4.69) is 5.32 Å². The molecule has 1 aromatic carbocycles. The van der Waals surface area contributed by atoms with E-state index in [4.69, 9.17) is 11.6 Å². The lowest BCUT2D eigenvalue weighted by Gasteiger charge is -2.29. The van der Waals surface area contributed by atoms with Crippen LogP contribution in [0.3, 0.4) is 0 Å². The van der Waals surface area contributed by atoms with Crippen molar-refractivity contribution in [1.82, 2.24) is 5.32 Å². The number of rotatable bonds is 5. The maximum atomic E-state index is 13.0. The summed E-state index contributed by atoms with van der Waals surface area (Å²) in [6.45, 7) is 5.69. The molecule has 2 nitrogen and oxygen atoms in total. The smallest absolute Gasteiger partial charge is 0.251 e. The van der Waals surface area contributed by atoms with E-state index in [1.807, 2.05) is 13.8 Å². The van der Waals surface area contributed by atoms with Gasteiger partial charge in [0.25, 0.3) is 5.91 Å². The van der Waals surface area contributed by atoms with E-state index < -0.39 is 0 Å². The van der Waals surface area contributed by atoms with Crippen molar-refractivity contribution < 1.29 is 9.18 Å².